The van der Waals surface area contributed by atoms with E-state index in [1.807, 2.05) is 54.7 Å². The standard InChI is InChI=1S/C46H27N4O2.Pt/c1-2-13-32(14-3-1)48-29-49(42-20-9-8-19-41(42)48)33-15-10-16-34(25-33)51-35-21-22-37-36-17-6-7-18-40(36)50(43(37)26-35)46-27-45-39(28-47-46)38-23-30-11-4-5-12-31(30)24-44(38)52-45;/h1-24,27-29H;/q-3;. The number of hydrogen-bond acceptors (Lipinski definition) is 5. The van der Waals surface area contributed by atoms with Crippen LogP contribution in [0.1, 0.15) is 0 Å². The predicted molar refractivity (Wildman–Crippen MR) is 209 cm³/mol. The van der Waals surface area contributed by atoms with E-state index in [1.165, 1.54) is 5.39 Å². The topological polar surface area (TPSA) is 46.7 Å². The number of hydrogen-bond donors (Lipinski definition) is 0. The minimum absolute atomic E-state index is 0. The molecule has 4 heterocycles. The van der Waals surface area contributed by atoms with Crippen molar-refractivity contribution >= 4 is 77.3 Å². The van der Waals surface area contributed by atoms with Crippen molar-refractivity contribution in [3.63, 3.8) is 0 Å². The zero-order chi connectivity index (χ0) is 34.2. The molecule has 3 aromatic heterocycles. The van der Waals surface area contributed by atoms with Gasteiger partial charge in [-0.1, -0.05) is 78.3 Å². The van der Waals surface area contributed by atoms with Crippen LogP contribution in [0.3, 0.4) is 0 Å². The summed E-state index contributed by atoms with van der Waals surface area (Å²) in [7, 11) is 0. The molecule has 0 fully saturated rings. The van der Waals surface area contributed by atoms with Crippen LogP contribution in [-0.4, -0.2) is 9.55 Å². The molecule has 0 saturated heterocycles. The third-order valence-electron chi connectivity index (χ3n) is 9.89. The second-order valence-corrected chi connectivity index (χ2v) is 13.0. The second-order valence-electron chi connectivity index (χ2n) is 13.0. The summed E-state index contributed by atoms with van der Waals surface area (Å²) in [4.78, 5) is 9.32. The molecular weight excluding hydrogens is 836 g/mol. The van der Waals surface area contributed by atoms with Gasteiger partial charge < -0.3 is 23.5 Å². The summed E-state index contributed by atoms with van der Waals surface area (Å²) in [6.45, 7) is 2.10. The molecular formula is C46H27N4O2Pt-3. The van der Waals surface area contributed by atoms with Gasteiger partial charge in [-0.15, -0.1) is 48.1 Å². The van der Waals surface area contributed by atoms with E-state index in [9.17, 15) is 0 Å². The fourth-order valence-corrected chi connectivity index (χ4v) is 7.49. The van der Waals surface area contributed by atoms with E-state index in [0.717, 1.165) is 77.7 Å². The minimum atomic E-state index is 0. The molecule has 0 radical (unpaired) electrons. The molecule has 0 N–H and O–H groups in total. The van der Waals surface area contributed by atoms with Crippen molar-refractivity contribution in [3.05, 3.63) is 177 Å². The Kier molecular flexibility index (Phi) is 7.34. The predicted octanol–water partition coefficient (Wildman–Crippen LogP) is 12.0. The first-order valence-electron chi connectivity index (χ1n) is 17.2. The average Bonchev–Trinajstić information content (AvgIpc) is 3.86. The van der Waals surface area contributed by atoms with Gasteiger partial charge in [-0.05, 0) is 58.6 Å². The average molecular weight is 863 g/mol. The molecule has 0 bridgehead atoms. The number of ether oxygens (including phenoxy) is 1. The van der Waals surface area contributed by atoms with Gasteiger partial charge in [0.25, 0.3) is 0 Å². The number of nitrogens with zero attached hydrogens (tertiary/aromatic N) is 4. The van der Waals surface area contributed by atoms with Crippen LogP contribution in [0.15, 0.2) is 162 Å². The molecule has 1 aliphatic rings. The molecule has 7 aromatic carbocycles. The van der Waals surface area contributed by atoms with E-state index in [4.69, 9.17) is 14.1 Å². The summed E-state index contributed by atoms with van der Waals surface area (Å²) >= 11 is 0. The van der Waals surface area contributed by atoms with Crippen LogP contribution in [0, 0.1) is 18.8 Å². The second kappa shape index (κ2) is 12.4. The number of benzene rings is 7. The van der Waals surface area contributed by atoms with Crippen LogP contribution in [0.5, 0.6) is 11.5 Å². The number of rotatable bonds is 5. The van der Waals surface area contributed by atoms with Crippen molar-refractivity contribution < 1.29 is 30.2 Å². The van der Waals surface area contributed by atoms with Gasteiger partial charge in [0.05, 0.1) is 0 Å². The molecule has 1 aliphatic heterocycles. The van der Waals surface area contributed by atoms with Gasteiger partial charge in [-0.2, -0.15) is 12.1 Å². The van der Waals surface area contributed by atoms with Crippen LogP contribution in [-0.2, 0) is 21.1 Å². The first-order valence-corrected chi connectivity index (χ1v) is 17.2. The maximum atomic E-state index is 6.50. The molecule has 6 nitrogen and oxygen atoms in total. The first kappa shape index (κ1) is 31.4. The minimum Gasteiger partial charge on any atom is -0.509 e. The van der Waals surface area contributed by atoms with Crippen molar-refractivity contribution in [3.8, 4) is 17.3 Å². The van der Waals surface area contributed by atoms with Crippen molar-refractivity contribution in [2.75, 3.05) is 9.80 Å². The van der Waals surface area contributed by atoms with Gasteiger partial charge in [0.15, 0.2) is 0 Å². The zero-order valence-corrected chi connectivity index (χ0v) is 30.3. The Bertz CT molecular complexity index is 3010. The van der Waals surface area contributed by atoms with E-state index in [1.54, 1.807) is 0 Å². The molecule has 10 aromatic rings. The molecule has 0 atom stereocenters. The SMILES string of the molecule is [Pt].[c-]1c(Oc2[c-]c3c(cc2)c2ccccc2n3-c2cc3oc4cc5ccccc5cc4c3cn2)cccc1N1[CH-]N(c2ccccc2)c2ccccc21. The van der Waals surface area contributed by atoms with Crippen LogP contribution in [0.2, 0.25) is 0 Å². The van der Waals surface area contributed by atoms with Crippen LogP contribution in [0.25, 0.3) is 60.3 Å². The Morgan fingerprint density at radius 2 is 1.28 bits per heavy atom. The van der Waals surface area contributed by atoms with E-state index < -0.39 is 0 Å². The molecule has 0 spiro atoms. The van der Waals surface area contributed by atoms with Gasteiger partial charge >= 0.3 is 0 Å². The van der Waals surface area contributed by atoms with E-state index in [2.05, 4.69) is 136 Å². The fourth-order valence-electron chi connectivity index (χ4n) is 7.49. The number of anilines is 4. The molecule has 7 heteroatoms. The van der Waals surface area contributed by atoms with Crippen molar-refractivity contribution in [2.45, 2.75) is 0 Å². The van der Waals surface area contributed by atoms with Gasteiger partial charge in [-0.3, -0.25) is 0 Å². The third-order valence-corrected chi connectivity index (χ3v) is 9.89. The molecule has 53 heavy (non-hydrogen) atoms. The van der Waals surface area contributed by atoms with E-state index in [0.29, 0.717) is 11.5 Å². The Balaban J connectivity index is 0.00000349. The number of pyridine rings is 1. The van der Waals surface area contributed by atoms with Crippen LogP contribution >= 0.6 is 0 Å². The van der Waals surface area contributed by atoms with Crippen molar-refractivity contribution in [1.82, 2.24) is 9.55 Å². The third kappa shape index (κ3) is 5.09. The Labute approximate surface area is 319 Å². The summed E-state index contributed by atoms with van der Waals surface area (Å²) in [5.74, 6) is 1.92. The molecule has 11 rings (SSSR count). The van der Waals surface area contributed by atoms with Gasteiger partial charge in [0, 0.05) is 78.2 Å². The van der Waals surface area contributed by atoms with Gasteiger partial charge in [0.2, 0.25) is 0 Å². The fraction of sp³-hybridized carbons (Fsp3) is 0. The van der Waals surface area contributed by atoms with Crippen molar-refractivity contribution in [2.24, 2.45) is 0 Å². The van der Waals surface area contributed by atoms with Crippen LogP contribution in [0.4, 0.5) is 22.7 Å². The quantitative estimate of drug-likeness (QED) is 0.161. The molecule has 0 aliphatic carbocycles. The largest absolute Gasteiger partial charge is 0.509 e. The van der Waals surface area contributed by atoms with Crippen molar-refractivity contribution in [1.29, 1.82) is 0 Å². The number of furan rings is 1. The smallest absolute Gasteiger partial charge is 0.140 e. The summed E-state index contributed by atoms with van der Waals surface area (Å²) in [5.41, 5.74) is 7.65. The molecule has 256 valence electrons. The Morgan fingerprint density at radius 3 is 2.15 bits per heavy atom. The number of para-hydroxylation sites is 4. The maximum Gasteiger partial charge on any atom is 0.140 e. The summed E-state index contributed by atoms with van der Waals surface area (Å²) in [6.07, 6.45) is 1.92. The summed E-state index contributed by atoms with van der Waals surface area (Å²) < 4.78 is 15.1. The molecule has 0 unspecified atom stereocenters. The monoisotopic (exact) mass is 862 g/mol. The van der Waals surface area contributed by atoms with Gasteiger partial charge in [0.1, 0.15) is 17.0 Å². The summed E-state index contributed by atoms with van der Waals surface area (Å²) in [6, 6.07) is 58.8. The maximum absolute atomic E-state index is 6.50. The van der Waals surface area contributed by atoms with Crippen LogP contribution < -0.4 is 14.5 Å². The normalized spacial score (nSPS) is 12.6. The Hall–Kier alpha value is -6.36. The Morgan fingerprint density at radius 1 is 0.566 bits per heavy atom. The van der Waals surface area contributed by atoms with E-state index >= 15 is 0 Å². The number of aromatic nitrogens is 2. The van der Waals surface area contributed by atoms with Gasteiger partial charge in [-0.25, -0.2) is 4.98 Å². The summed E-state index contributed by atoms with van der Waals surface area (Å²) in [5, 5.41) is 6.52. The molecule has 0 amide bonds. The zero-order valence-electron chi connectivity index (χ0n) is 28.0. The van der Waals surface area contributed by atoms with E-state index in [-0.39, 0.29) is 21.1 Å². The molecule has 0 saturated carbocycles. The number of fused-ring (bicyclic) bond motifs is 8. The first-order chi connectivity index (χ1) is 25.7.